The molecule has 0 spiro atoms. The molecule has 1 N–H and O–H groups in total. The molecule has 42 valence electrons. The lowest BCUT2D eigenvalue weighted by atomic mass is 10.7. The standard InChI is InChI=1S/C4H4N2O2/c5-1-2-6-3-4(7)8/h3H,2H2,(H,7,8). The summed E-state index contributed by atoms with van der Waals surface area (Å²) in [6.45, 7) is -0.0910. The van der Waals surface area contributed by atoms with Crippen molar-refractivity contribution in [3.63, 3.8) is 0 Å². The maximum absolute atomic E-state index is 9.62. The first-order valence-electron chi connectivity index (χ1n) is 1.87. The highest BCUT2D eigenvalue weighted by atomic mass is 16.4. The molecule has 0 aliphatic rings. The fourth-order valence-electron chi connectivity index (χ4n) is 0.165. The molecule has 0 bridgehead atoms. The van der Waals surface area contributed by atoms with Crippen molar-refractivity contribution in [3.8, 4) is 6.07 Å². The summed E-state index contributed by atoms with van der Waals surface area (Å²) < 4.78 is 0. The normalized spacial score (nSPS) is 8.88. The minimum absolute atomic E-state index is 0.0910. The van der Waals surface area contributed by atoms with E-state index in [1.165, 1.54) is 0 Å². The van der Waals surface area contributed by atoms with Crippen LogP contribution < -0.4 is 0 Å². The number of carbonyl (C=O) groups is 1. The summed E-state index contributed by atoms with van der Waals surface area (Å²) in [7, 11) is 0. The van der Waals surface area contributed by atoms with E-state index in [0.29, 0.717) is 6.21 Å². The molecule has 0 atom stereocenters. The maximum atomic E-state index is 9.62. The van der Waals surface area contributed by atoms with Crippen LogP contribution in [0.25, 0.3) is 0 Å². The van der Waals surface area contributed by atoms with Gasteiger partial charge >= 0.3 is 5.97 Å². The summed E-state index contributed by atoms with van der Waals surface area (Å²) in [6, 6.07) is 1.66. The van der Waals surface area contributed by atoms with Gasteiger partial charge in [-0.25, -0.2) is 4.79 Å². The Labute approximate surface area is 46.1 Å². The second-order valence-electron chi connectivity index (χ2n) is 0.966. The number of hydrogen-bond acceptors (Lipinski definition) is 3. The highest BCUT2D eigenvalue weighted by Crippen LogP contribution is 1.61. The lowest BCUT2D eigenvalue weighted by Gasteiger charge is -1.73. The van der Waals surface area contributed by atoms with E-state index in [-0.39, 0.29) is 6.54 Å². The highest BCUT2D eigenvalue weighted by Gasteiger charge is 1.82. The van der Waals surface area contributed by atoms with Gasteiger partial charge in [-0.15, -0.1) is 0 Å². The van der Waals surface area contributed by atoms with E-state index >= 15 is 0 Å². The van der Waals surface area contributed by atoms with Gasteiger partial charge in [-0.2, -0.15) is 5.26 Å². The quantitative estimate of drug-likeness (QED) is 0.392. The van der Waals surface area contributed by atoms with Crippen LogP contribution in [0.3, 0.4) is 0 Å². The van der Waals surface area contributed by atoms with E-state index in [1.54, 1.807) is 6.07 Å². The predicted octanol–water partition coefficient (Wildman–Crippen LogP) is -0.335. The van der Waals surface area contributed by atoms with Crippen LogP contribution in [0.2, 0.25) is 0 Å². The van der Waals surface area contributed by atoms with Crippen molar-refractivity contribution in [3.05, 3.63) is 0 Å². The lowest BCUT2D eigenvalue weighted by molar-refractivity contribution is -0.128. The van der Waals surface area contributed by atoms with Gasteiger partial charge in [0, 0.05) is 0 Å². The Morgan fingerprint density at radius 1 is 2.00 bits per heavy atom. The second-order valence-corrected chi connectivity index (χ2v) is 0.966. The molecule has 0 unspecified atom stereocenters. The first-order chi connectivity index (χ1) is 3.77. The van der Waals surface area contributed by atoms with Gasteiger partial charge in [-0.1, -0.05) is 0 Å². The summed E-state index contributed by atoms with van der Waals surface area (Å²) in [4.78, 5) is 12.8. The molecule has 0 aromatic heterocycles. The van der Waals surface area contributed by atoms with Crippen molar-refractivity contribution in [1.29, 1.82) is 5.26 Å². The topological polar surface area (TPSA) is 73.5 Å². The van der Waals surface area contributed by atoms with Gasteiger partial charge in [0.1, 0.15) is 12.8 Å². The molecule has 0 saturated carbocycles. The number of carboxylic acid groups (broad SMARTS) is 1. The molecule has 0 heterocycles. The second kappa shape index (κ2) is 3.81. The zero-order valence-electron chi connectivity index (χ0n) is 4.03. The van der Waals surface area contributed by atoms with Gasteiger partial charge in [0.2, 0.25) is 0 Å². The number of aliphatic carboxylic acids is 1. The van der Waals surface area contributed by atoms with Gasteiger partial charge < -0.3 is 5.11 Å². The summed E-state index contributed by atoms with van der Waals surface area (Å²) in [5.74, 6) is -1.12. The fourth-order valence-corrected chi connectivity index (χ4v) is 0.165. The fraction of sp³-hybridized carbons (Fsp3) is 0.250. The zero-order chi connectivity index (χ0) is 6.41. The number of nitrogens with zero attached hydrogens (tertiary/aromatic N) is 2. The van der Waals surface area contributed by atoms with Crippen LogP contribution in [0.15, 0.2) is 4.99 Å². The monoisotopic (exact) mass is 112 g/mol. The van der Waals surface area contributed by atoms with E-state index in [1.807, 2.05) is 0 Å². The molecule has 0 aromatic rings. The van der Waals surface area contributed by atoms with Gasteiger partial charge in [0.05, 0.1) is 6.07 Å². The Bertz CT molecular complexity index is 145. The van der Waals surface area contributed by atoms with Crippen molar-refractivity contribution in [2.75, 3.05) is 6.54 Å². The molecule has 0 saturated heterocycles. The van der Waals surface area contributed by atoms with Crippen LogP contribution in [0, 0.1) is 11.3 Å². The first kappa shape index (κ1) is 6.63. The molecule has 0 amide bonds. The van der Waals surface area contributed by atoms with Gasteiger partial charge in [-0.3, -0.25) is 4.99 Å². The Morgan fingerprint density at radius 2 is 2.62 bits per heavy atom. The van der Waals surface area contributed by atoms with Gasteiger partial charge in [0.15, 0.2) is 0 Å². The largest absolute Gasteiger partial charge is 0.477 e. The number of rotatable bonds is 2. The number of hydrogen-bond donors (Lipinski definition) is 1. The molecular formula is C4H4N2O2. The Morgan fingerprint density at radius 3 is 3.00 bits per heavy atom. The van der Waals surface area contributed by atoms with E-state index in [0.717, 1.165) is 0 Å². The Kier molecular flexibility index (Phi) is 3.16. The molecule has 0 rings (SSSR count). The van der Waals surface area contributed by atoms with Gasteiger partial charge in [0.25, 0.3) is 0 Å². The average molecular weight is 112 g/mol. The van der Waals surface area contributed by atoms with Gasteiger partial charge in [-0.05, 0) is 0 Å². The summed E-state index contributed by atoms with van der Waals surface area (Å²) in [5, 5.41) is 15.7. The third-order valence-electron chi connectivity index (χ3n) is 0.364. The molecule has 0 aliphatic heterocycles. The molecule has 0 radical (unpaired) electrons. The Balaban J connectivity index is 3.38. The van der Waals surface area contributed by atoms with E-state index in [9.17, 15) is 4.79 Å². The molecule has 4 heteroatoms. The molecule has 0 aliphatic carbocycles. The van der Waals surface area contributed by atoms with Crippen LogP contribution in [-0.4, -0.2) is 23.8 Å². The van der Waals surface area contributed by atoms with Crippen LogP contribution >= 0.6 is 0 Å². The van der Waals surface area contributed by atoms with Crippen LogP contribution in [-0.2, 0) is 4.79 Å². The van der Waals surface area contributed by atoms with E-state index in [4.69, 9.17) is 10.4 Å². The van der Waals surface area contributed by atoms with Crippen molar-refractivity contribution in [2.24, 2.45) is 4.99 Å². The summed E-state index contributed by atoms with van der Waals surface area (Å²) in [5.41, 5.74) is 0. The molecule has 8 heavy (non-hydrogen) atoms. The van der Waals surface area contributed by atoms with Crippen molar-refractivity contribution in [1.82, 2.24) is 0 Å². The van der Waals surface area contributed by atoms with E-state index < -0.39 is 5.97 Å². The molecule has 0 fully saturated rings. The smallest absolute Gasteiger partial charge is 0.346 e. The molecular weight excluding hydrogens is 108 g/mol. The minimum Gasteiger partial charge on any atom is -0.477 e. The molecule has 0 aromatic carbocycles. The number of aliphatic imine (C=N–C) groups is 1. The summed E-state index contributed by atoms with van der Waals surface area (Å²) >= 11 is 0. The van der Waals surface area contributed by atoms with Crippen molar-refractivity contribution >= 4 is 12.2 Å². The first-order valence-corrected chi connectivity index (χ1v) is 1.87. The number of nitriles is 1. The lowest BCUT2D eigenvalue weighted by Crippen LogP contribution is -1.94. The highest BCUT2D eigenvalue weighted by molar-refractivity contribution is 6.21. The van der Waals surface area contributed by atoms with Crippen molar-refractivity contribution in [2.45, 2.75) is 0 Å². The van der Waals surface area contributed by atoms with Crippen LogP contribution in [0.4, 0.5) is 0 Å². The number of carboxylic acids is 1. The third-order valence-corrected chi connectivity index (χ3v) is 0.364. The Hall–Kier alpha value is -1.37. The van der Waals surface area contributed by atoms with Crippen molar-refractivity contribution < 1.29 is 9.90 Å². The minimum atomic E-state index is -1.12. The average Bonchev–Trinajstić information content (AvgIpc) is 1.66. The molecule has 4 nitrogen and oxygen atoms in total. The van der Waals surface area contributed by atoms with Crippen LogP contribution in [0.5, 0.6) is 0 Å². The predicted molar refractivity (Wildman–Crippen MR) is 26.6 cm³/mol. The van der Waals surface area contributed by atoms with E-state index in [2.05, 4.69) is 4.99 Å². The van der Waals surface area contributed by atoms with Crippen LogP contribution in [0.1, 0.15) is 0 Å². The zero-order valence-corrected chi connectivity index (χ0v) is 4.03. The third kappa shape index (κ3) is 4.63. The maximum Gasteiger partial charge on any atom is 0.346 e. The summed E-state index contributed by atoms with van der Waals surface area (Å²) in [6.07, 6.45) is 0.698. The SMILES string of the molecule is N#CCN=CC(=O)O.